The number of fused-ring (bicyclic) bond motifs is 3. The maximum absolute atomic E-state index is 12.7. The van der Waals surface area contributed by atoms with Crippen molar-refractivity contribution in [3.63, 3.8) is 0 Å². The van der Waals surface area contributed by atoms with Gasteiger partial charge in [0.2, 0.25) is 0 Å². The molecule has 4 nitrogen and oxygen atoms in total. The Morgan fingerprint density at radius 2 is 2.23 bits per heavy atom. The fraction of sp³-hybridized carbons (Fsp3) is 0.471. The lowest BCUT2D eigenvalue weighted by Gasteiger charge is -2.34. The first-order valence-corrected chi connectivity index (χ1v) is 8.93. The lowest BCUT2D eigenvalue weighted by atomic mass is 9.88. The Kier molecular flexibility index (Phi) is 4.54. The number of halogens is 1. The highest BCUT2D eigenvalue weighted by atomic mass is 79.9. The number of rotatable bonds is 5. The molecule has 118 valence electrons. The van der Waals surface area contributed by atoms with E-state index in [1.54, 1.807) is 0 Å². The van der Waals surface area contributed by atoms with E-state index < -0.39 is 5.54 Å². The maximum Gasteiger partial charge on any atom is 0.333 e. The van der Waals surface area contributed by atoms with Crippen LogP contribution in [0.5, 0.6) is 0 Å². The van der Waals surface area contributed by atoms with Gasteiger partial charge >= 0.3 is 5.97 Å². The molecular weight excluding hydrogens is 344 g/mol. The maximum atomic E-state index is 12.7. The number of benzene rings is 1. The van der Waals surface area contributed by atoms with Gasteiger partial charge in [0, 0.05) is 22.8 Å². The van der Waals surface area contributed by atoms with Crippen LogP contribution in [-0.2, 0) is 21.5 Å². The molecule has 0 amide bonds. The van der Waals surface area contributed by atoms with Crippen molar-refractivity contribution in [2.24, 2.45) is 0 Å². The van der Waals surface area contributed by atoms with Crippen molar-refractivity contribution in [2.75, 3.05) is 18.5 Å². The number of esters is 1. The number of H-pyrrole nitrogens is 1. The molecule has 2 N–H and O–H groups in total. The normalized spacial score (nSPS) is 20.8. The molecule has 0 saturated heterocycles. The molecule has 2 heterocycles. The summed E-state index contributed by atoms with van der Waals surface area (Å²) in [5.41, 5.74) is 2.42. The molecule has 0 spiro atoms. The number of aromatic amines is 1. The van der Waals surface area contributed by atoms with E-state index in [0.717, 1.165) is 37.0 Å². The highest BCUT2D eigenvalue weighted by molar-refractivity contribution is 9.09. The lowest BCUT2D eigenvalue weighted by molar-refractivity contribution is -0.151. The van der Waals surface area contributed by atoms with Gasteiger partial charge in [0.05, 0.1) is 12.3 Å². The van der Waals surface area contributed by atoms with Crippen LogP contribution in [0.1, 0.15) is 31.0 Å². The van der Waals surface area contributed by atoms with Gasteiger partial charge in [0.25, 0.3) is 0 Å². The van der Waals surface area contributed by atoms with E-state index in [1.165, 1.54) is 10.9 Å². The lowest BCUT2D eigenvalue weighted by Crippen LogP contribution is -2.55. The third-order valence-electron chi connectivity index (χ3n) is 4.32. The zero-order valence-electron chi connectivity index (χ0n) is 12.7. The number of para-hydroxylation sites is 1. The molecule has 0 bridgehead atoms. The van der Waals surface area contributed by atoms with Gasteiger partial charge in [-0.05, 0) is 24.5 Å². The Balaban J connectivity index is 2.02. The second kappa shape index (κ2) is 6.42. The Labute approximate surface area is 138 Å². The molecule has 2 aromatic rings. The number of ether oxygens (including phenoxy) is 1. The number of carbonyl (C=O) groups excluding carboxylic acids is 1. The first-order valence-electron chi connectivity index (χ1n) is 7.81. The van der Waals surface area contributed by atoms with E-state index in [-0.39, 0.29) is 5.97 Å². The molecule has 1 aliphatic rings. The van der Waals surface area contributed by atoms with Gasteiger partial charge in [-0.1, -0.05) is 47.5 Å². The van der Waals surface area contributed by atoms with Crippen LogP contribution < -0.4 is 5.32 Å². The molecule has 1 aromatic heterocycles. The molecule has 0 saturated carbocycles. The summed E-state index contributed by atoms with van der Waals surface area (Å²) >= 11 is 3.52. The topological polar surface area (TPSA) is 54.1 Å². The van der Waals surface area contributed by atoms with Crippen LogP contribution in [0.3, 0.4) is 0 Å². The van der Waals surface area contributed by atoms with Crippen LogP contribution in [0.25, 0.3) is 10.9 Å². The first-order chi connectivity index (χ1) is 10.7. The largest absolute Gasteiger partial charge is 0.464 e. The van der Waals surface area contributed by atoms with Crippen LogP contribution >= 0.6 is 15.9 Å². The summed E-state index contributed by atoms with van der Waals surface area (Å²) in [5, 5.41) is 5.06. The Morgan fingerprint density at radius 1 is 1.41 bits per heavy atom. The molecule has 0 aliphatic carbocycles. The van der Waals surface area contributed by atoms with E-state index in [2.05, 4.69) is 45.3 Å². The van der Waals surface area contributed by atoms with Gasteiger partial charge in [-0.2, -0.15) is 0 Å². The van der Waals surface area contributed by atoms with Crippen LogP contribution in [0.2, 0.25) is 0 Å². The summed E-state index contributed by atoms with van der Waals surface area (Å²) in [6.45, 7) is 3.33. The van der Waals surface area contributed by atoms with E-state index >= 15 is 0 Å². The smallest absolute Gasteiger partial charge is 0.333 e. The average molecular weight is 365 g/mol. The fourth-order valence-electron chi connectivity index (χ4n) is 3.09. The molecule has 1 aliphatic heterocycles. The van der Waals surface area contributed by atoms with Crippen molar-refractivity contribution in [3.8, 4) is 0 Å². The van der Waals surface area contributed by atoms with Crippen molar-refractivity contribution < 1.29 is 9.53 Å². The van der Waals surface area contributed by atoms with Crippen LogP contribution in [0.4, 0.5) is 0 Å². The van der Waals surface area contributed by atoms with Crippen molar-refractivity contribution in [2.45, 2.75) is 31.7 Å². The molecule has 5 heteroatoms. The molecule has 0 fully saturated rings. The van der Waals surface area contributed by atoms with E-state index in [1.807, 2.05) is 12.1 Å². The number of nitrogens with one attached hydrogen (secondary N) is 2. The molecule has 3 rings (SSSR count). The number of hydrogen-bond donors (Lipinski definition) is 2. The van der Waals surface area contributed by atoms with Crippen molar-refractivity contribution in [1.82, 2.24) is 10.3 Å². The monoisotopic (exact) mass is 364 g/mol. The Bertz CT molecular complexity index is 682. The van der Waals surface area contributed by atoms with Crippen LogP contribution in [0.15, 0.2) is 24.3 Å². The fourth-order valence-corrected chi connectivity index (χ4v) is 3.80. The van der Waals surface area contributed by atoms with Crippen molar-refractivity contribution in [1.29, 1.82) is 0 Å². The first kappa shape index (κ1) is 15.6. The number of unbranched alkanes of at least 4 members (excludes halogenated alkanes) is 1. The molecular formula is C17H21BrN2O2. The van der Waals surface area contributed by atoms with E-state index in [0.29, 0.717) is 11.9 Å². The zero-order chi connectivity index (χ0) is 15.6. The third kappa shape index (κ3) is 2.46. The highest BCUT2D eigenvalue weighted by Crippen LogP contribution is 2.35. The zero-order valence-corrected chi connectivity index (χ0v) is 14.3. The molecule has 1 atom stereocenters. The highest BCUT2D eigenvalue weighted by Gasteiger charge is 2.45. The predicted octanol–water partition coefficient (Wildman–Crippen LogP) is 3.25. The quantitative estimate of drug-likeness (QED) is 0.486. The van der Waals surface area contributed by atoms with Gasteiger partial charge in [-0.3, -0.25) is 5.32 Å². The van der Waals surface area contributed by atoms with Gasteiger partial charge in [-0.25, -0.2) is 4.79 Å². The second-order valence-electron chi connectivity index (χ2n) is 5.73. The number of aromatic nitrogens is 1. The molecule has 1 unspecified atom stereocenters. The van der Waals surface area contributed by atoms with Crippen LogP contribution in [0, 0.1) is 0 Å². The minimum absolute atomic E-state index is 0.203. The van der Waals surface area contributed by atoms with Crippen molar-refractivity contribution >= 4 is 32.8 Å². The van der Waals surface area contributed by atoms with Gasteiger partial charge in [-0.15, -0.1) is 0 Å². The van der Waals surface area contributed by atoms with E-state index in [4.69, 9.17) is 4.74 Å². The number of hydrogen-bond acceptors (Lipinski definition) is 3. The van der Waals surface area contributed by atoms with Crippen LogP contribution in [-0.4, -0.2) is 29.4 Å². The summed E-state index contributed by atoms with van der Waals surface area (Å²) in [5.74, 6) is -0.203. The standard InChI is InChI=1S/C17H21BrN2O2/c1-2-3-10-22-16(21)17(11-18)15-13(8-9-19-17)12-6-4-5-7-14(12)20-15/h4-7,19-20H,2-3,8-11H2,1H3. The molecule has 22 heavy (non-hydrogen) atoms. The van der Waals surface area contributed by atoms with E-state index in [9.17, 15) is 4.79 Å². The van der Waals surface area contributed by atoms with Gasteiger partial charge in [0.15, 0.2) is 5.54 Å². The number of carbonyl (C=O) groups is 1. The second-order valence-corrected chi connectivity index (χ2v) is 6.29. The van der Waals surface area contributed by atoms with Gasteiger partial charge < -0.3 is 9.72 Å². The SMILES string of the molecule is CCCCOC(=O)C1(CBr)NCCc2c1[nH]c1ccccc21. The summed E-state index contributed by atoms with van der Waals surface area (Å²) in [6.07, 6.45) is 2.82. The Morgan fingerprint density at radius 3 is 3.00 bits per heavy atom. The predicted molar refractivity (Wildman–Crippen MR) is 91.3 cm³/mol. The summed E-state index contributed by atoms with van der Waals surface area (Å²) < 4.78 is 5.52. The number of alkyl halides is 1. The molecule has 0 radical (unpaired) electrons. The van der Waals surface area contributed by atoms with Crippen molar-refractivity contribution in [3.05, 3.63) is 35.5 Å². The molecule has 1 aromatic carbocycles. The minimum Gasteiger partial charge on any atom is -0.464 e. The summed E-state index contributed by atoms with van der Waals surface area (Å²) in [6, 6.07) is 8.20. The average Bonchev–Trinajstić information content (AvgIpc) is 2.94. The Hall–Kier alpha value is -1.33. The third-order valence-corrected chi connectivity index (χ3v) is 5.16. The summed E-state index contributed by atoms with van der Waals surface area (Å²) in [4.78, 5) is 16.2. The van der Waals surface area contributed by atoms with Gasteiger partial charge in [0.1, 0.15) is 0 Å². The minimum atomic E-state index is -0.819. The summed E-state index contributed by atoms with van der Waals surface area (Å²) in [7, 11) is 0.